The van der Waals surface area contributed by atoms with Gasteiger partial charge < -0.3 is 16.2 Å². The maximum Gasteiger partial charge on any atom is 0.308 e. The number of halogens is 2. The van der Waals surface area contributed by atoms with E-state index in [1.165, 1.54) is 12.1 Å². The van der Waals surface area contributed by atoms with E-state index in [4.69, 9.17) is 34.0 Å². The Balaban J connectivity index is 2.76. The van der Waals surface area contributed by atoms with Crippen LogP contribution in [-0.4, -0.2) is 23.5 Å². The molecule has 0 aliphatic heterocycles. The number of carboxylic acid groups (broad SMARTS) is 1. The Morgan fingerprint density at radius 2 is 1.89 bits per heavy atom. The topological polar surface area (TPSA) is 92.4 Å². The minimum Gasteiger partial charge on any atom is -0.481 e. The van der Waals surface area contributed by atoms with Crippen LogP contribution in [0.15, 0.2) is 12.1 Å². The fourth-order valence-corrected chi connectivity index (χ4v) is 1.93. The van der Waals surface area contributed by atoms with Crippen molar-refractivity contribution in [2.45, 2.75) is 13.3 Å². The second-order valence-electron chi connectivity index (χ2n) is 4.01. The van der Waals surface area contributed by atoms with Crippen molar-refractivity contribution >= 4 is 40.8 Å². The van der Waals surface area contributed by atoms with Gasteiger partial charge in [0.2, 0.25) is 0 Å². The number of carbonyl (C=O) groups excluding carboxylic acids is 1. The van der Waals surface area contributed by atoms with Crippen molar-refractivity contribution in [1.29, 1.82) is 0 Å². The van der Waals surface area contributed by atoms with Gasteiger partial charge in [-0.3, -0.25) is 9.59 Å². The van der Waals surface area contributed by atoms with Crippen molar-refractivity contribution in [1.82, 2.24) is 5.32 Å². The minimum atomic E-state index is -0.948. The predicted octanol–water partition coefficient (Wildman–Crippen LogP) is 2.42. The number of hydrogen-bond donors (Lipinski definition) is 3. The molecular weight excluding hydrogens is 291 g/mol. The molecule has 0 heterocycles. The van der Waals surface area contributed by atoms with Gasteiger partial charge in [0.1, 0.15) is 0 Å². The fraction of sp³-hybridized carbons (Fsp3) is 0.333. The molecule has 0 fully saturated rings. The van der Waals surface area contributed by atoms with E-state index in [-0.39, 0.29) is 27.8 Å². The van der Waals surface area contributed by atoms with Crippen molar-refractivity contribution in [3.8, 4) is 0 Å². The number of nitrogens with two attached hydrogens (primary N) is 1. The van der Waals surface area contributed by atoms with Gasteiger partial charge in [0.15, 0.2) is 0 Å². The third kappa shape index (κ3) is 4.01. The van der Waals surface area contributed by atoms with Crippen LogP contribution in [0, 0.1) is 5.92 Å². The summed E-state index contributed by atoms with van der Waals surface area (Å²) in [6, 6.07) is 2.78. The van der Waals surface area contributed by atoms with Gasteiger partial charge in [-0.2, -0.15) is 0 Å². The number of rotatable bonds is 5. The SMILES string of the molecule is CCC(CNC(=O)c1cc(Cl)c(N)c(Cl)c1)C(=O)O. The third-order valence-electron chi connectivity index (χ3n) is 2.69. The molecule has 1 aromatic carbocycles. The molecule has 0 saturated heterocycles. The summed E-state index contributed by atoms with van der Waals surface area (Å²) in [5, 5.41) is 11.8. The Bertz CT molecular complexity index is 483. The molecular formula is C12H14Cl2N2O3. The highest BCUT2D eigenvalue weighted by molar-refractivity contribution is 6.39. The molecule has 0 bridgehead atoms. The Morgan fingerprint density at radius 3 is 2.32 bits per heavy atom. The van der Waals surface area contributed by atoms with Crippen LogP contribution < -0.4 is 11.1 Å². The lowest BCUT2D eigenvalue weighted by Gasteiger charge is -2.12. The minimum absolute atomic E-state index is 0.0459. The van der Waals surface area contributed by atoms with Crippen LogP contribution in [0.1, 0.15) is 23.7 Å². The summed E-state index contributed by atoms with van der Waals surface area (Å²) in [5.41, 5.74) is 6.01. The Kier molecular flexibility index (Phi) is 5.44. The normalized spacial score (nSPS) is 11.9. The molecule has 4 N–H and O–H groups in total. The quantitative estimate of drug-likeness (QED) is 0.728. The van der Waals surface area contributed by atoms with Gasteiger partial charge in [0.05, 0.1) is 21.7 Å². The molecule has 1 unspecified atom stereocenters. The molecule has 1 rings (SSSR count). The maximum absolute atomic E-state index is 11.8. The Hall–Kier alpha value is -1.46. The van der Waals surface area contributed by atoms with Crippen molar-refractivity contribution in [2.75, 3.05) is 12.3 Å². The Labute approximate surface area is 120 Å². The molecule has 0 aliphatic rings. The van der Waals surface area contributed by atoms with E-state index >= 15 is 0 Å². The summed E-state index contributed by atoms with van der Waals surface area (Å²) in [6.07, 6.45) is 0.429. The van der Waals surface area contributed by atoms with Crippen LogP contribution in [0.3, 0.4) is 0 Å². The first-order valence-electron chi connectivity index (χ1n) is 5.62. The first-order valence-corrected chi connectivity index (χ1v) is 6.37. The van der Waals surface area contributed by atoms with Gasteiger partial charge in [-0.15, -0.1) is 0 Å². The number of benzene rings is 1. The molecule has 1 aromatic rings. The first-order chi connectivity index (χ1) is 8.86. The zero-order chi connectivity index (χ0) is 14.6. The number of nitrogens with one attached hydrogen (secondary N) is 1. The van der Waals surface area contributed by atoms with Crippen LogP contribution in [-0.2, 0) is 4.79 Å². The summed E-state index contributed by atoms with van der Waals surface area (Å²) >= 11 is 11.6. The largest absolute Gasteiger partial charge is 0.481 e. The summed E-state index contributed by atoms with van der Waals surface area (Å²) < 4.78 is 0. The fourth-order valence-electron chi connectivity index (χ4n) is 1.44. The van der Waals surface area contributed by atoms with E-state index in [1.807, 2.05) is 0 Å². The number of amides is 1. The van der Waals surface area contributed by atoms with Crippen molar-refractivity contribution in [3.63, 3.8) is 0 Å². The zero-order valence-corrected chi connectivity index (χ0v) is 11.8. The van der Waals surface area contributed by atoms with Gasteiger partial charge in [-0.1, -0.05) is 30.1 Å². The summed E-state index contributed by atoms with van der Waals surface area (Å²) in [7, 11) is 0. The monoisotopic (exact) mass is 304 g/mol. The van der Waals surface area contributed by atoms with E-state index in [9.17, 15) is 9.59 Å². The van der Waals surface area contributed by atoms with Crippen LogP contribution in [0.2, 0.25) is 10.0 Å². The number of nitrogen functional groups attached to an aromatic ring is 1. The van der Waals surface area contributed by atoms with Gasteiger partial charge in [-0.05, 0) is 18.6 Å². The molecule has 1 amide bonds. The van der Waals surface area contributed by atoms with Gasteiger partial charge in [0.25, 0.3) is 5.91 Å². The number of anilines is 1. The molecule has 0 spiro atoms. The number of carboxylic acids is 1. The van der Waals surface area contributed by atoms with Gasteiger partial charge in [0, 0.05) is 12.1 Å². The second kappa shape index (κ2) is 6.63. The maximum atomic E-state index is 11.8. The Morgan fingerprint density at radius 1 is 1.37 bits per heavy atom. The molecule has 0 saturated carbocycles. The van der Waals surface area contributed by atoms with Gasteiger partial charge >= 0.3 is 5.97 Å². The summed E-state index contributed by atoms with van der Waals surface area (Å²) in [6.45, 7) is 1.78. The molecule has 0 radical (unpaired) electrons. The lowest BCUT2D eigenvalue weighted by molar-refractivity contribution is -0.141. The van der Waals surface area contributed by atoms with Crippen LogP contribution in [0.25, 0.3) is 0 Å². The smallest absolute Gasteiger partial charge is 0.308 e. The number of carbonyl (C=O) groups is 2. The average Bonchev–Trinajstić information content (AvgIpc) is 2.35. The van der Waals surface area contributed by atoms with E-state index in [0.717, 1.165) is 0 Å². The molecule has 0 aromatic heterocycles. The van der Waals surface area contributed by atoms with Crippen LogP contribution >= 0.6 is 23.2 Å². The lowest BCUT2D eigenvalue weighted by Crippen LogP contribution is -2.32. The molecule has 1 atom stereocenters. The van der Waals surface area contributed by atoms with Crippen molar-refractivity contribution in [3.05, 3.63) is 27.7 Å². The molecule has 5 nitrogen and oxygen atoms in total. The molecule has 19 heavy (non-hydrogen) atoms. The summed E-state index contributed by atoms with van der Waals surface area (Å²) in [4.78, 5) is 22.7. The van der Waals surface area contributed by atoms with Crippen molar-refractivity contribution in [2.24, 2.45) is 5.92 Å². The molecule has 0 aliphatic carbocycles. The van der Waals surface area contributed by atoms with E-state index in [0.29, 0.717) is 6.42 Å². The average molecular weight is 305 g/mol. The highest BCUT2D eigenvalue weighted by atomic mass is 35.5. The van der Waals surface area contributed by atoms with Crippen LogP contribution in [0.5, 0.6) is 0 Å². The second-order valence-corrected chi connectivity index (χ2v) is 4.82. The van der Waals surface area contributed by atoms with E-state index < -0.39 is 17.8 Å². The van der Waals surface area contributed by atoms with Crippen LogP contribution in [0.4, 0.5) is 5.69 Å². The van der Waals surface area contributed by atoms with Gasteiger partial charge in [-0.25, -0.2) is 0 Å². The van der Waals surface area contributed by atoms with Crippen molar-refractivity contribution < 1.29 is 14.7 Å². The van der Waals surface area contributed by atoms with E-state index in [1.54, 1.807) is 6.92 Å². The molecule has 104 valence electrons. The highest BCUT2D eigenvalue weighted by Gasteiger charge is 2.17. The lowest BCUT2D eigenvalue weighted by atomic mass is 10.1. The summed E-state index contributed by atoms with van der Waals surface area (Å²) in [5.74, 6) is -2.01. The predicted molar refractivity (Wildman–Crippen MR) is 74.6 cm³/mol. The zero-order valence-electron chi connectivity index (χ0n) is 10.2. The molecule has 7 heteroatoms. The highest BCUT2D eigenvalue weighted by Crippen LogP contribution is 2.28. The standard InChI is InChI=1S/C12H14Cl2N2O3/c1-2-6(12(18)19)5-16-11(17)7-3-8(13)10(15)9(14)4-7/h3-4,6H,2,5,15H2,1H3,(H,16,17)(H,18,19). The number of aliphatic carboxylic acids is 1. The van der Waals surface area contributed by atoms with E-state index in [2.05, 4.69) is 5.32 Å². The number of hydrogen-bond acceptors (Lipinski definition) is 3. The first kappa shape index (κ1) is 15.6. The third-order valence-corrected chi connectivity index (χ3v) is 3.32.